The summed E-state index contributed by atoms with van der Waals surface area (Å²) in [6.07, 6.45) is 1.07. The van der Waals surface area contributed by atoms with Crippen LogP contribution in [-0.2, 0) is 0 Å². The molecule has 0 aliphatic rings. The second-order valence-electron chi connectivity index (χ2n) is 2.73. The molecule has 1 aromatic rings. The molecule has 13 heavy (non-hydrogen) atoms. The number of rotatable bonds is 3. The smallest absolute Gasteiger partial charge is 0.101 e. The first-order valence-electron chi connectivity index (χ1n) is 4.21. The van der Waals surface area contributed by atoms with Gasteiger partial charge in [0.25, 0.3) is 0 Å². The molecule has 0 unspecified atom stereocenters. The van der Waals surface area contributed by atoms with Gasteiger partial charge in [-0.3, -0.25) is 0 Å². The number of hydrogen-bond donors (Lipinski definition) is 1. The third-order valence-electron chi connectivity index (χ3n) is 1.67. The van der Waals surface area contributed by atoms with E-state index in [0.717, 1.165) is 18.7 Å². The molecule has 0 aliphatic carbocycles. The SMILES string of the molecule is CCCNc1ccc(C#N)c(Cl)c1. The molecule has 0 radical (unpaired) electrons. The zero-order valence-corrected chi connectivity index (χ0v) is 8.23. The van der Waals surface area contributed by atoms with Crippen molar-refractivity contribution in [3.05, 3.63) is 28.8 Å². The van der Waals surface area contributed by atoms with Gasteiger partial charge in [0.15, 0.2) is 0 Å². The lowest BCUT2D eigenvalue weighted by Crippen LogP contribution is -1.99. The molecule has 1 N–H and O–H groups in total. The van der Waals surface area contributed by atoms with Gasteiger partial charge in [0.05, 0.1) is 10.6 Å². The van der Waals surface area contributed by atoms with E-state index in [9.17, 15) is 0 Å². The van der Waals surface area contributed by atoms with Crippen LogP contribution in [-0.4, -0.2) is 6.54 Å². The molecule has 0 saturated heterocycles. The average Bonchev–Trinajstić information content (AvgIpc) is 2.15. The predicted octanol–water partition coefficient (Wildman–Crippen LogP) is 3.03. The Morgan fingerprint density at radius 1 is 1.54 bits per heavy atom. The average molecular weight is 195 g/mol. The molecule has 0 spiro atoms. The lowest BCUT2D eigenvalue weighted by Gasteiger charge is -2.04. The number of nitrogens with one attached hydrogen (secondary N) is 1. The first-order valence-corrected chi connectivity index (χ1v) is 4.59. The van der Waals surface area contributed by atoms with Crippen molar-refractivity contribution in [1.29, 1.82) is 5.26 Å². The van der Waals surface area contributed by atoms with E-state index < -0.39 is 0 Å². The lowest BCUT2D eigenvalue weighted by atomic mass is 10.2. The zero-order valence-electron chi connectivity index (χ0n) is 7.47. The molecule has 1 rings (SSSR count). The molecule has 0 saturated carbocycles. The highest BCUT2D eigenvalue weighted by molar-refractivity contribution is 6.32. The normalized spacial score (nSPS) is 9.31. The number of halogens is 1. The Morgan fingerprint density at radius 2 is 2.31 bits per heavy atom. The molecule has 0 amide bonds. The van der Waals surface area contributed by atoms with Gasteiger partial charge in [0.2, 0.25) is 0 Å². The van der Waals surface area contributed by atoms with Crippen LogP contribution in [0.2, 0.25) is 5.02 Å². The molecule has 3 heteroatoms. The molecule has 0 bridgehead atoms. The summed E-state index contributed by atoms with van der Waals surface area (Å²) in [6, 6.07) is 7.38. The Kier molecular flexibility index (Phi) is 3.60. The second kappa shape index (κ2) is 4.74. The fourth-order valence-electron chi connectivity index (χ4n) is 0.985. The van der Waals surface area contributed by atoms with Crippen molar-refractivity contribution in [1.82, 2.24) is 0 Å². The third-order valence-corrected chi connectivity index (χ3v) is 1.98. The summed E-state index contributed by atoms with van der Waals surface area (Å²) in [4.78, 5) is 0. The Balaban J connectivity index is 2.79. The third kappa shape index (κ3) is 2.64. The standard InChI is InChI=1S/C10H11ClN2/c1-2-5-13-9-4-3-8(7-12)10(11)6-9/h3-4,6,13H,2,5H2,1H3. The van der Waals surface area contributed by atoms with Crippen molar-refractivity contribution >= 4 is 17.3 Å². The lowest BCUT2D eigenvalue weighted by molar-refractivity contribution is 0.980. The van der Waals surface area contributed by atoms with Gasteiger partial charge >= 0.3 is 0 Å². The maximum absolute atomic E-state index is 8.63. The van der Waals surface area contributed by atoms with Gasteiger partial charge in [0.1, 0.15) is 6.07 Å². The monoisotopic (exact) mass is 194 g/mol. The zero-order chi connectivity index (χ0) is 9.68. The molecule has 0 heterocycles. The number of nitrogens with zero attached hydrogens (tertiary/aromatic N) is 1. The fraction of sp³-hybridized carbons (Fsp3) is 0.300. The van der Waals surface area contributed by atoms with Gasteiger partial charge in [-0.2, -0.15) is 5.26 Å². The van der Waals surface area contributed by atoms with E-state index >= 15 is 0 Å². The first-order chi connectivity index (χ1) is 6.27. The van der Waals surface area contributed by atoms with E-state index in [1.807, 2.05) is 12.1 Å². The Morgan fingerprint density at radius 3 is 2.85 bits per heavy atom. The van der Waals surface area contributed by atoms with Crippen LogP contribution >= 0.6 is 11.6 Å². The fourth-order valence-corrected chi connectivity index (χ4v) is 1.21. The summed E-state index contributed by atoms with van der Waals surface area (Å²) >= 11 is 5.85. The van der Waals surface area contributed by atoms with E-state index in [2.05, 4.69) is 12.2 Å². The molecular weight excluding hydrogens is 184 g/mol. The van der Waals surface area contributed by atoms with E-state index in [1.54, 1.807) is 12.1 Å². The van der Waals surface area contributed by atoms with Crippen LogP contribution in [0.3, 0.4) is 0 Å². The van der Waals surface area contributed by atoms with Crippen molar-refractivity contribution in [3.8, 4) is 6.07 Å². The number of benzene rings is 1. The minimum Gasteiger partial charge on any atom is -0.385 e. The molecule has 68 valence electrons. The highest BCUT2D eigenvalue weighted by Gasteiger charge is 1.99. The highest BCUT2D eigenvalue weighted by atomic mass is 35.5. The van der Waals surface area contributed by atoms with E-state index in [-0.39, 0.29) is 0 Å². The molecule has 0 aliphatic heterocycles. The van der Waals surface area contributed by atoms with Crippen molar-refractivity contribution in [2.75, 3.05) is 11.9 Å². The number of hydrogen-bond acceptors (Lipinski definition) is 2. The van der Waals surface area contributed by atoms with Crippen molar-refractivity contribution in [2.45, 2.75) is 13.3 Å². The highest BCUT2D eigenvalue weighted by Crippen LogP contribution is 2.19. The first kappa shape index (κ1) is 9.88. The van der Waals surface area contributed by atoms with Gasteiger partial charge in [-0.05, 0) is 24.6 Å². The number of anilines is 1. The maximum Gasteiger partial charge on any atom is 0.101 e. The van der Waals surface area contributed by atoms with Gasteiger partial charge in [-0.25, -0.2) is 0 Å². The Labute approximate surface area is 83.1 Å². The topological polar surface area (TPSA) is 35.8 Å². The Bertz CT molecular complexity index is 328. The van der Waals surface area contributed by atoms with Crippen LogP contribution in [0.1, 0.15) is 18.9 Å². The largest absolute Gasteiger partial charge is 0.385 e. The van der Waals surface area contributed by atoms with Crippen LogP contribution < -0.4 is 5.32 Å². The van der Waals surface area contributed by atoms with E-state index in [4.69, 9.17) is 16.9 Å². The summed E-state index contributed by atoms with van der Waals surface area (Å²) in [5.41, 5.74) is 1.48. The second-order valence-corrected chi connectivity index (χ2v) is 3.14. The molecule has 0 fully saturated rings. The van der Waals surface area contributed by atoms with Crippen molar-refractivity contribution in [2.24, 2.45) is 0 Å². The predicted molar refractivity (Wildman–Crippen MR) is 54.9 cm³/mol. The molecule has 0 aromatic heterocycles. The summed E-state index contributed by atoms with van der Waals surface area (Å²) in [5.74, 6) is 0. The molecular formula is C10H11ClN2. The quantitative estimate of drug-likeness (QED) is 0.803. The van der Waals surface area contributed by atoms with Crippen molar-refractivity contribution < 1.29 is 0 Å². The summed E-state index contributed by atoms with van der Waals surface area (Å²) < 4.78 is 0. The summed E-state index contributed by atoms with van der Waals surface area (Å²) in [7, 11) is 0. The minimum absolute atomic E-state index is 0.503. The summed E-state index contributed by atoms with van der Waals surface area (Å²) in [6.45, 7) is 3.01. The van der Waals surface area contributed by atoms with Gasteiger partial charge in [-0.15, -0.1) is 0 Å². The van der Waals surface area contributed by atoms with Crippen LogP contribution in [0, 0.1) is 11.3 Å². The minimum atomic E-state index is 0.503. The maximum atomic E-state index is 8.63. The Hall–Kier alpha value is -1.20. The van der Waals surface area contributed by atoms with Crippen molar-refractivity contribution in [3.63, 3.8) is 0 Å². The molecule has 1 aromatic carbocycles. The van der Waals surface area contributed by atoms with Crippen LogP contribution in [0.4, 0.5) is 5.69 Å². The molecule has 0 atom stereocenters. The van der Waals surface area contributed by atoms with Crippen LogP contribution in [0.25, 0.3) is 0 Å². The van der Waals surface area contributed by atoms with Gasteiger partial charge in [0, 0.05) is 12.2 Å². The van der Waals surface area contributed by atoms with Crippen LogP contribution in [0.15, 0.2) is 18.2 Å². The number of nitriles is 1. The van der Waals surface area contributed by atoms with Crippen LogP contribution in [0.5, 0.6) is 0 Å². The molecule has 2 nitrogen and oxygen atoms in total. The van der Waals surface area contributed by atoms with E-state index in [1.165, 1.54) is 0 Å². The summed E-state index contributed by atoms with van der Waals surface area (Å²) in [5, 5.41) is 12.3. The van der Waals surface area contributed by atoms with E-state index in [0.29, 0.717) is 10.6 Å². The van der Waals surface area contributed by atoms with Gasteiger partial charge < -0.3 is 5.32 Å². The van der Waals surface area contributed by atoms with Gasteiger partial charge in [-0.1, -0.05) is 18.5 Å².